The third-order valence-corrected chi connectivity index (χ3v) is 7.46. The molecular formula is C25H36N4O4. The molecule has 1 aliphatic heterocycles. The number of methoxy groups -OCH3 is 1. The van der Waals surface area contributed by atoms with E-state index in [1.165, 1.54) is 44.7 Å². The molecule has 2 aliphatic carbocycles. The molecule has 0 saturated heterocycles. The smallest absolute Gasteiger partial charge is 0.359 e. The molecule has 4 rings (SSSR count). The number of nitrogens with zero attached hydrogens (tertiary/aromatic N) is 3. The van der Waals surface area contributed by atoms with E-state index < -0.39 is 11.5 Å². The van der Waals surface area contributed by atoms with Crippen molar-refractivity contribution in [2.45, 2.75) is 95.7 Å². The molecule has 3 aliphatic rings. The number of rotatable bonds is 6. The van der Waals surface area contributed by atoms with E-state index in [1.807, 2.05) is 6.92 Å². The van der Waals surface area contributed by atoms with E-state index in [2.05, 4.69) is 16.4 Å². The second-order valence-electron chi connectivity index (χ2n) is 9.81. The molecule has 8 heteroatoms. The number of hydrogen-bond donors (Lipinski definition) is 1. The second kappa shape index (κ2) is 10.1. The highest BCUT2D eigenvalue weighted by atomic mass is 16.5. The number of amides is 2. The molecule has 0 bridgehead atoms. The van der Waals surface area contributed by atoms with Crippen molar-refractivity contribution in [1.29, 1.82) is 0 Å². The Hall–Kier alpha value is -2.64. The lowest BCUT2D eigenvalue weighted by atomic mass is 9.91. The first-order valence-electron chi connectivity index (χ1n) is 12.4. The number of aromatic nitrogens is 2. The van der Waals surface area contributed by atoms with Crippen LogP contribution in [0.15, 0.2) is 18.0 Å². The molecule has 1 aromatic rings. The Morgan fingerprint density at radius 1 is 1.18 bits per heavy atom. The standard InChI is InChI=1S/C25H36N4O4/c1-25(24(32)27-19-12-8-3-4-9-13-19)16-28-17-26-20(23(31)33-2)21(28)22(30)29(25)15-14-18-10-6-5-7-11-18/h10,17,19H,3-9,11-16H2,1-2H3,(H,27,32). The summed E-state index contributed by atoms with van der Waals surface area (Å²) in [7, 11) is 1.28. The van der Waals surface area contributed by atoms with Gasteiger partial charge in [-0.1, -0.05) is 37.3 Å². The highest BCUT2D eigenvalue weighted by molar-refractivity contribution is 6.06. The van der Waals surface area contributed by atoms with E-state index in [4.69, 9.17) is 4.74 Å². The summed E-state index contributed by atoms with van der Waals surface area (Å²) in [4.78, 5) is 45.4. The molecule has 33 heavy (non-hydrogen) atoms. The zero-order valence-electron chi connectivity index (χ0n) is 19.9. The van der Waals surface area contributed by atoms with E-state index in [9.17, 15) is 14.4 Å². The molecule has 1 aromatic heterocycles. The normalized spacial score (nSPS) is 24.0. The van der Waals surface area contributed by atoms with Gasteiger partial charge in [0.05, 0.1) is 20.0 Å². The molecule has 0 radical (unpaired) electrons. The molecule has 180 valence electrons. The van der Waals surface area contributed by atoms with E-state index in [0.29, 0.717) is 6.54 Å². The monoisotopic (exact) mass is 456 g/mol. The van der Waals surface area contributed by atoms with Gasteiger partial charge in [-0.05, 0) is 51.9 Å². The minimum atomic E-state index is -1.06. The maximum absolute atomic E-state index is 13.7. The Balaban J connectivity index is 1.62. The SMILES string of the molecule is COC(=O)c1ncn2c1C(=O)N(CCC1=CCCCC1)C(C)(C(=O)NC1CCCCCC1)C2. The molecule has 1 unspecified atom stereocenters. The van der Waals surface area contributed by atoms with Crippen molar-refractivity contribution in [2.75, 3.05) is 13.7 Å². The van der Waals surface area contributed by atoms with Crippen molar-refractivity contribution in [3.63, 3.8) is 0 Å². The number of carbonyl (C=O) groups is 3. The van der Waals surface area contributed by atoms with Gasteiger partial charge < -0.3 is 19.5 Å². The maximum atomic E-state index is 13.7. The van der Waals surface area contributed by atoms with Gasteiger partial charge in [-0.3, -0.25) is 9.59 Å². The Morgan fingerprint density at radius 2 is 1.94 bits per heavy atom. The topological polar surface area (TPSA) is 93.5 Å². The number of carbonyl (C=O) groups excluding carboxylic acids is 3. The fourth-order valence-corrected chi connectivity index (χ4v) is 5.44. The van der Waals surface area contributed by atoms with Crippen LogP contribution in [0.5, 0.6) is 0 Å². The molecule has 8 nitrogen and oxygen atoms in total. The van der Waals surface area contributed by atoms with E-state index in [1.54, 1.807) is 9.47 Å². The van der Waals surface area contributed by atoms with Crippen LogP contribution in [0.1, 0.15) is 98.5 Å². The fourth-order valence-electron chi connectivity index (χ4n) is 5.44. The molecule has 1 saturated carbocycles. The average molecular weight is 457 g/mol. The highest BCUT2D eigenvalue weighted by Crippen LogP contribution is 2.31. The van der Waals surface area contributed by atoms with Crippen molar-refractivity contribution < 1.29 is 19.1 Å². The van der Waals surface area contributed by atoms with Crippen LogP contribution in [0.25, 0.3) is 0 Å². The van der Waals surface area contributed by atoms with Crippen molar-refractivity contribution >= 4 is 17.8 Å². The number of fused-ring (bicyclic) bond motifs is 1. The summed E-state index contributed by atoms with van der Waals surface area (Å²) < 4.78 is 6.47. The number of nitrogens with one attached hydrogen (secondary N) is 1. The number of allylic oxidation sites excluding steroid dienone is 1. The van der Waals surface area contributed by atoms with Crippen LogP contribution >= 0.6 is 0 Å². The van der Waals surface area contributed by atoms with E-state index in [-0.39, 0.29) is 35.8 Å². The lowest BCUT2D eigenvalue weighted by molar-refractivity contribution is -0.133. The Labute approximate surface area is 195 Å². The van der Waals surface area contributed by atoms with Gasteiger partial charge in [0.2, 0.25) is 5.91 Å². The average Bonchev–Trinajstić information content (AvgIpc) is 3.07. The van der Waals surface area contributed by atoms with Gasteiger partial charge in [0.1, 0.15) is 11.2 Å². The third kappa shape index (κ3) is 4.84. The lowest BCUT2D eigenvalue weighted by Gasteiger charge is -2.44. The van der Waals surface area contributed by atoms with Crippen LogP contribution in [0, 0.1) is 0 Å². The Kier molecular flexibility index (Phi) is 7.20. The molecule has 1 N–H and O–H groups in total. The lowest BCUT2D eigenvalue weighted by Crippen LogP contribution is -2.65. The van der Waals surface area contributed by atoms with Crippen molar-refractivity contribution in [2.24, 2.45) is 0 Å². The zero-order chi connectivity index (χ0) is 23.4. The van der Waals surface area contributed by atoms with Gasteiger partial charge in [-0.2, -0.15) is 0 Å². The minimum absolute atomic E-state index is 0.00982. The number of esters is 1. The van der Waals surface area contributed by atoms with Crippen molar-refractivity contribution in [1.82, 2.24) is 19.8 Å². The van der Waals surface area contributed by atoms with Gasteiger partial charge in [-0.15, -0.1) is 0 Å². The third-order valence-electron chi connectivity index (χ3n) is 7.46. The summed E-state index contributed by atoms with van der Waals surface area (Å²) in [6.07, 6.45) is 15.6. The Bertz CT molecular complexity index is 929. The van der Waals surface area contributed by atoms with Crippen LogP contribution in [-0.4, -0.2) is 57.5 Å². The molecule has 0 spiro atoms. The first-order chi connectivity index (χ1) is 15.9. The number of hydrogen-bond acceptors (Lipinski definition) is 5. The first-order valence-corrected chi connectivity index (χ1v) is 12.4. The predicted octanol–water partition coefficient (Wildman–Crippen LogP) is 3.61. The second-order valence-corrected chi connectivity index (χ2v) is 9.81. The molecule has 1 atom stereocenters. The van der Waals surface area contributed by atoms with Crippen LogP contribution in [-0.2, 0) is 16.1 Å². The molecule has 2 heterocycles. The van der Waals surface area contributed by atoms with Crippen LogP contribution in [0.3, 0.4) is 0 Å². The summed E-state index contributed by atoms with van der Waals surface area (Å²) in [5.41, 5.74) is 0.502. The summed E-state index contributed by atoms with van der Waals surface area (Å²) in [6.45, 7) is 2.54. The number of ether oxygens (including phenoxy) is 1. The van der Waals surface area contributed by atoms with Gasteiger partial charge in [0.25, 0.3) is 5.91 Å². The summed E-state index contributed by atoms with van der Waals surface area (Å²) in [5.74, 6) is -1.10. The summed E-state index contributed by atoms with van der Waals surface area (Å²) in [5, 5.41) is 3.26. The molecular weight excluding hydrogens is 420 g/mol. The molecule has 2 amide bonds. The summed E-state index contributed by atoms with van der Waals surface area (Å²) >= 11 is 0. The fraction of sp³-hybridized carbons (Fsp3) is 0.680. The van der Waals surface area contributed by atoms with Crippen molar-refractivity contribution in [3.05, 3.63) is 29.4 Å². The van der Waals surface area contributed by atoms with Gasteiger partial charge >= 0.3 is 5.97 Å². The van der Waals surface area contributed by atoms with Gasteiger partial charge in [0, 0.05) is 12.6 Å². The van der Waals surface area contributed by atoms with Crippen molar-refractivity contribution in [3.8, 4) is 0 Å². The van der Waals surface area contributed by atoms with Gasteiger partial charge in [0.15, 0.2) is 5.69 Å². The minimum Gasteiger partial charge on any atom is -0.464 e. The Morgan fingerprint density at radius 3 is 2.61 bits per heavy atom. The molecule has 0 aromatic carbocycles. The largest absolute Gasteiger partial charge is 0.464 e. The number of imidazole rings is 1. The van der Waals surface area contributed by atoms with Crippen LogP contribution < -0.4 is 5.32 Å². The van der Waals surface area contributed by atoms with E-state index in [0.717, 1.165) is 44.9 Å². The van der Waals surface area contributed by atoms with Gasteiger partial charge in [-0.25, -0.2) is 9.78 Å². The first kappa shape index (κ1) is 23.5. The molecule has 1 fully saturated rings. The van der Waals surface area contributed by atoms with Crippen LogP contribution in [0.4, 0.5) is 0 Å². The quantitative estimate of drug-likeness (QED) is 0.401. The highest BCUT2D eigenvalue weighted by Gasteiger charge is 2.49. The van der Waals surface area contributed by atoms with Crippen LogP contribution in [0.2, 0.25) is 0 Å². The summed E-state index contributed by atoms with van der Waals surface area (Å²) in [6, 6.07) is 0.143. The van der Waals surface area contributed by atoms with E-state index >= 15 is 0 Å². The zero-order valence-corrected chi connectivity index (χ0v) is 19.9. The predicted molar refractivity (Wildman–Crippen MR) is 124 cm³/mol. The maximum Gasteiger partial charge on any atom is 0.359 e.